The Hall–Kier alpha value is -2.73. The molecule has 0 spiro atoms. The highest BCUT2D eigenvalue weighted by Crippen LogP contribution is 2.27. The molecule has 1 aliphatic heterocycles. The van der Waals surface area contributed by atoms with Gasteiger partial charge in [0.05, 0.1) is 12.7 Å². The van der Waals surface area contributed by atoms with E-state index < -0.39 is 6.17 Å². The van der Waals surface area contributed by atoms with Crippen LogP contribution in [0.15, 0.2) is 42.5 Å². The second kappa shape index (κ2) is 6.41. The van der Waals surface area contributed by atoms with E-state index in [1.807, 2.05) is 0 Å². The maximum Gasteiger partial charge on any atom is 0.276 e. The first-order valence-electron chi connectivity index (χ1n) is 7.34. The zero-order valence-electron chi connectivity index (χ0n) is 13.2. The lowest BCUT2D eigenvalue weighted by Gasteiger charge is -2.35. The van der Waals surface area contributed by atoms with Gasteiger partial charge in [-0.25, -0.2) is 5.01 Å². The van der Waals surface area contributed by atoms with Crippen LogP contribution < -0.4 is 15.5 Å². The van der Waals surface area contributed by atoms with Crippen LogP contribution in [-0.2, 0) is 0 Å². The molecule has 7 heteroatoms. The maximum absolute atomic E-state index is 12.6. The average molecular weight is 346 g/mol. The number of carbonyl (C=O) groups is 2. The van der Waals surface area contributed by atoms with Gasteiger partial charge in [0.1, 0.15) is 11.9 Å². The minimum Gasteiger partial charge on any atom is -0.497 e. The van der Waals surface area contributed by atoms with E-state index in [1.54, 1.807) is 56.5 Å². The number of anilines is 1. The van der Waals surface area contributed by atoms with E-state index in [9.17, 15) is 9.59 Å². The number of nitrogens with zero attached hydrogens (tertiary/aromatic N) is 1. The minimum atomic E-state index is -0.395. The van der Waals surface area contributed by atoms with Crippen molar-refractivity contribution in [3.05, 3.63) is 58.6 Å². The Balaban J connectivity index is 1.81. The summed E-state index contributed by atoms with van der Waals surface area (Å²) < 4.78 is 5.06. The number of hydrogen-bond donors (Lipinski definition) is 2. The summed E-state index contributed by atoms with van der Waals surface area (Å²) in [6.07, 6.45) is -0.395. The molecular weight excluding hydrogens is 330 g/mol. The molecule has 24 heavy (non-hydrogen) atoms. The minimum absolute atomic E-state index is 0.319. The Labute approximate surface area is 144 Å². The highest BCUT2D eigenvalue weighted by molar-refractivity contribution is 6.31. The van der Waals surface area contributed by atoms with Gasteiger partial charge >= 0.3 is 0 Å². The number of amides is 2. The van der Waals surface area contributed by atoms with Gasteiger partial charge in [-0.3, -0.25) is 15.0 Å². The average Bonchev–Trinajstić information content (AvgIpc) is 2.59. The van der Waals surface area contributed by atoms with Crippen molar-refractivity contribution in [3.8, 4) is 5.75 Å². The van der Waals surface area contributed by atoms with Crippen LogP contribution in [0, 0.1) is 0 Å². The van der Waals surface area contributed by atoms with Crippen LogP contribution in [-0.4, -0.2) is 30.1 Å². The lowest BCUT2D eigenvalue weighted by Crippen LogP contribution is -2.56. The first-order chi connectivity index (χ1) is 11.5. The number of hydrogen-bond acceptors (Lipinski definition) is 4. The molecular formula is C17H16ClN3O3. The summed E-state index contributed by atoms with van der Waals surface area (Å²) in [4.78, 5) is 25.0. The fraction of sp³-hybridized carbons (Fsp3) is 0.176. The fourth-order valence-electron chi connectivity index (χ4n) is 2.48. The van der Waals surface area contributed by atoms with Gasteiger partial charge in [0.25, 0.3) is 11.8 Å². The predicted molar refractivity (Wildman–Crippen MR) is 91.2 cm³/mol. The first-order valence-corrected chi connectivity index (χ1v) is 7.72. The van der Waals surface area contributed by atoms with Gasteiger partial charge in [-0.2, -0.15) is 0 Å². The number of hydrazine groups is 1. The van der Waals surface area contributed by atoms with Crippen molar-refractivity contribution in [2.24, 2.45) is 0 Å². The summed E-state index contributed by atoms with van der Waals surface area (Å²) in [5, 5.41) is 4.87. The molecule has 6 nitrogen and oxygen atoms in total. The molecule has 2 N–H and O–H groups in total. The quantitative estimate of drug-likeness (QED) is 0.897. The molecule has 124 valence electrons. The normalized spacial score (nSPS) is 16.2. The topological polar surface area (TPSA) is 70.7 Å². The van der Waals surface area contributed by atoms with E-state index in [0.29, 0.717) is 27.6 Å². The van der Waals surface area contributed by atoms with Gasteiger partial charge in [-0.15, -0.1) is 0 Å². The van der Waals surface area contributed by atoms with Gasteiger partial charge in [0.2, 0.25) is 0 Å². The number of rotatable bonds is 3. The largest absolute Gasteiger partial charge is 0.497 e. The van der Waals surface area contributed by atoms with Gasteiger partial charge in [0.15, 0.2) is 0 Å². The number of methoxy groups -OCH3 is 1. The Morgan fingerprint density at radius 1 is 1.25 bits per heavy atom. The molecule has 2 aromatic rings. The molecule has 0 fully saturated rings. The molecule has 1 atom stereocenters. The Morgan fingerprint density at radius 2 is 1.96 bits per heavy atom. The second-order valence-corrected chi connectivity index (χ2v) is 5.79. The third-order valence-corrected chi connectivity index (χ3v) is 3.99. The zero-order valence-corrected chi connectivity index (χ0v) is 13.9. The molecule has 0 radical (unpaired) electrons. The van der Waals surface area contributed by atoms with Crippen LogP contribution in [0.25, 0.3) is 0 Å². The summed E-state index contributed by atoms with van der Waals surface area (Å²) in [5.41, 5.74) is 4.15. The van der Waals surface area contributed by atoms with E-state index in [-0.39, 0.29) is 11.8 Å². The lowest BCUT2D eigenvalue weighted by atomic mass is 10.1. The first kappa shape index (κ1) is 16.1. The number of carbonyl (C=O) groups excluding carboxylic acids is 2. The molecule has 0 bridgehead atoms. The van der Waals surface area contributed by atoms with Crippen molar-refractivity contribution in [3.63, 3.8) is 0 Å². The molecule has 3 rings (SSSR count). The summed E-state index contributed by atoms with van der Waals surface area (Å²) in [5.74, 6) is -0.0510. The third-order valence-electron chi connectivity index (χ3n) is 3.76. The Morgan fingerprint density at radius 3 is 2.62 bits per heavy atom. The summed E-state index contributed by atoms with van der Waals surface area (Å²) in [6, 6.07) is 11.7. The monoisotopic (exact) mass is 345 g/mol. The highest BCUT2D eigenvalue weighted by Gasteiger charge is 2.31. The summed E-state index contributed by atoms with van der Waals surface area (Å²) in [6.45, 7) is 1.78. The van der Waals surface area contributed by atoms with Crippen LogP contribution in [0.5, 0.6) is 5.75 Å². The third kappa shape index (κ3) is 3.00. The highest BCUT2D eigenvalue weighted by atomic mass is 35.5. The molecule has 1 unspecified atom stereocenters. The number of halogens is 1. The summed E-state index contributed by atoms with van der Waals surface area (Å²) >= 11 is 5.96. The van der Waals surface area contributed by atoms with Gasteiger partial charge in [-0.05, 0) is 49.4 Å². The number of ether oxygens (including phenoxy) is 1. The van der Waals surface area contributed by atoms with Crippen molar-refractivity contribution in [1.29, 1.82) is 0 Å². The summed E-state index contributed by atoms with van der Waals surface area (Å²) in [7, 11) is 1.55. The molecule has 0 aromatic heterocycles. The lowest BCUT2D eigenvalue weighted by molar-refractivity contribution is 0.0510. The second-order valence-electron chi connectivity index (χ2n) is 5.35. The standard InChI is InChI=1S/C17H16ClN3O3/c1-10-19-15-8-5-12(18)9-14(15)17(23)21(10)20-16(22)11-3-6-13(24-2)7-4-11/h3-10,19H,1-2H3,(H,20,22). The smallest absolute Gasteiger partial charge is 0.276 e. The molecule has 0 saturated heterocycles. The molecule has 1 heterocycles. The van der Waals surface area contributed by atoms with Crippen molar-refractivity contribution in [1.82, 2.24) is 10.4 Å². The SMILES string of the molecule is COc1ccc(C(=O)NN2C(=O)c3cc(Cl)ccc3NC2C)cc1. The van der Waals surface area contributed by atoms with E-state index in [1.165, 1.54) is 5.01 Å². The molecule has 0 saturated carbocycles. The molecule has 1 aliphatic rings. The van der Waals surface area contributed by atoms with Crippen LogP contribution in [0.4, 0.5) is 5.69 Å². The van der Waals surface area contributed by atoms with E-state index in [4.69, 9.17) is 16.3 Å². The van der Waals surface area contributed by atoms with Crippen LogP contribution in [0.1, 0.15) is 27.6 Å². The van der Waals surface area contributed by atoms with Crippen molar-refractivity contribution >= 4 is 29.1 Å². The van der Waals surface area contributed by atoms with E-state index >= 15 is 0 Å². The van der Waals surface area contributed by atoms with Crippen LogP contribution in [0.3, 0.4) is 0 Å². The maximum atomic E-state index is 12.6. The van der Waals surface area contributed by atoms with Gasteiger partial charge in [-0.1, -0.05) is 11.6 Å². The van der Waals surface area contributed by atoms with Crippen LogP contribution >= 0.6 is 11.6 Å². The number of nitrogens with one attached hydrogen (secondary N) is 2. The molecule has 2 amide bonds. The predicted octanol–water partition coefficient (Wildman–Crippen LogP) is 2.91. The number of fused-ring (bicyclic) bond motifs is 1. The van der Waals surface area contributed by atoms with Crippen molar-refractivity contribution in [2.45, 2.75) is 13.1 Å². The zero-order chi connectivity index (χ0) is 17.3. The fourth-order valence-corrected chi connectivity index (χ4v) is 2.65. The molecule has 2 aromatic carbocycles. The van der Waals surface area contributed by atoms with Crippen LogP contribution in [0.2, 0.25) is 5.02 Å². The van der Waals surface area contributed by atoms with E-state index in [0.717, 1.165) is 0 Å². The van der Waals surface area contributed by atoms with Crippen molar-refractivity contribution < 1.29 is 14.3 Å². The van der Waals surface area contributed by atoms with Crippen molar-refractivity contribution in [2.75, 3.05) is 12.4 Å². The Kier molecular flexibility index (Phi) is 4.31. The molecule has 0 aliphatic carbocycles. The Bertz CT molecular complexity index is 792. The van der Waals surface area contributed by atoms with E-state index in [2.05, 4.69) is 10.7 Å². The van der Waals surface area contributed by atoms with Gasteiger partial charge < -0.3 is 10.1 Å². The number of benzene rings is 2. The van der Waals surface area contributed by atoms with Gasteiger partial charge in [0, 0.05) is 16.3 Å².